The second-order valence-electron chi connectivity index (χ2n) is 11.8. The molecule has 0 radical (unpaired) electrons. The third-order valence-corrected chi connectivity index (χ3v) is 10.8. The fourth-order valence-corrected chi connectivity index (χ4v) is 9.34. The number of halogens is 2. The molecule has 7 unspecified atom stereocenters. The van der Waals surface area contributed by atoms with Crippen LogP contribution < -0.4 is 5.73 Å². The molecule has 4 saturated carbocycles. The van der Waals surface area contributed by atoms with Crippen LogP contribution in [0.3, 0.4) is 0 Å². The van der Waals surface area contributed by atoms with Gasteiger partial charge in [-0.25, -0.2) is 0 Å². The van der Waals surface area contributed by atoms with Crippen LogP contribution in [-0.4, -0.2) is 5.54 Å². The van der Waals surface area contributed by atoms with Gasteiger partial charge in [0, 0.05) is 11.1 Å². The first-order chi connectivity index (χ1) is 16.1. The average Bonchev–Trinajstić information content (AvgIpc) is 3.07. The Balaban J connectivity index is 0.00000140. The lowest BCUT2D eigenvalue weighted by Gasteiger charge is -2.66. The Morgan fingerprint density at radius 2 is 1.83 bits per heavy atom. The van der Waals surface area contributed by atoms with Crippen LogP contribution in [0.4, 0.5) is 0 Å². The van der Waals surface area contributed by atoms with Crippen LogP contribution in [-0.2, 0) is 0 Å². The van der Waals surface area contributed by atoms with Crippen molar-refractivity contribution < 1.29 is 0 Å². The molecule has 4 rings (SSSR count). The van der Waals surface area contributed by atoms with Gasteiger partial charge in [-0.15, -0.1) is 0 Å². The fourth-order valence-electron chi connectivity index (χ4n) is 9.12. The van der Waals surface area contributed by atoms with E-state index in [0.29, 0.717) is 27.8 Å². The van der Waals surface area contributed by atoms with Gasteiger partial charge in [0.05, 0.1) is 6.07 Å². The molecular weight excluding hydrogens is 471 g/mol. The standard InChI is InChI=1S/C28H40Cl2N2.C2H6.CH4/c1-18-16-26(3)22(25(18)21(19(2)17-31)9-7-10-24(29)30)13-15-28(32)23(26)12-11-20-8-5-6-14-27(20,28)4;1-2;/h10,18,20,22-23H,2,5-9,11-16,32H2,1,3-4H3;1-2H3;1H4/b25-21+;;. The smallest absolute Gasteiger partial charge is 0.102 e. The van der Waals surface area contributed by atoms with E-state index in [1.165, 1.54) is 50.5 Å². The maximum absolute atomic E-state index is 9.74. The number of nitriles is 1. The largest absolute Gasteiger partial charge is 0.324 e. The van der Waals surface area contributed by atoms with Crippen molar-refractivity contribution >= 4 is 23.2 Å². The van der Waals surface area contributed by atoms with Crippen LogP contribution >= 0.6 is 23.2 Å². The summed E-state index contributed by atoms with van der Waals surface area (Å²) in [6.07, 6.45) is 14.8. The molecule has 4 fully saturated rings. The predicted molar refractivity (Wildman–Crippen MR) is 153 cm³/mol. The van der Waals surface area contributed by atoms with Crippen molar-refractivity contribution in [2.24, 2.45) is 40.2 Å². The summed E-state index contributed by atoms with van der Waals surface area (Å²) in [4.78, 5) is 0. The maximum Gasteiger partial charge on any atom is 0.102 e. The van der Waals surface area contributed by atoms with E-state index in [1.807, 2.05) is 19.9 Å². The van der Waals surface area contributed by atoms with E-state index in [2.05, 4.69) is 33.4 Å². The van der Waals surface area contributed by atoms with E-state index in [0.717, 1.165) is 37.2 Å². The topological polar surface area (TPSA) is 49.8 Å². The van der Waals surface area contributed by atoms with E-state index in [9.17, 15) is 5.26 Å². The molecular formula is C31H50Cl2N2. The molecule has 2 nitrogen and oxygen atoms in total. The van der Waals surface area contributed by atoms with E-state index in [4.69, 9.17) is 28.9 Å². The van der Waals surface area contributed by atoms with E-state index >= 15 is 0 Å². The zero-order chi connectivity index (χ0) is 25.3. The van der Waals surface area contributed by atoms with Gasteiger partial charge in [-0.2, -0.15) is 5.26 Å². The van der Waals surface area contributed by atoms with Gasteiger partial charge in [0.2, 0.25) is 0 Å². The molecule has 198 valence electrons. The van der Waals surface area contributed by atoms with Gasteiger partial charge < -0.3 is 5.73 Å². The molecule has 7 atom stereocenters. The summed E-state index contributed by atoms with van der Waals surface area (Å²) < 4.78 is 0.296. The minimum absolute atomic E-state index is 0. The van der Waals surface area contributed by atoms with Crippen molar-refractivity contribution in [3.05, 3.63) is 33.9 Å². The summed E-state index contributed by atoms with van der Waals surface area (Å²) in [5.74, 6) is 2.31. The fraction of sp³-hybridized carbons (Fsp3) is 0.774. The summed E-state index contributed by atoms with van der Waals surface area (Å²) in [6, 6.07) is 2.35. The van der Waals surface area contributed by atoms with Crippen molar-refractivity contribution in [3.8, 4) is 6.07 Å². The van der Waals surface area contributed by atoms with Crippen LogP contribution in [0.1, 0.15) is 113 Å². The first-order valence-corrected chi connectivity index (χ1v) is 14.5. The molecule has 0 amide bonds. The molecule has 4 heteroatoms. The lowest BCUT2D eigenvalue weighted by atomic mass is 9.40. The highest BCUT2D eigenvalue weighted by Gasteiger charge is 2.66. The molecule has 0 saturated heterocycles. The highest BCUT2D eigenvalue weighted by atomic mass is 35.5. The zero-order valence-corrected chi connectivity index (χ0v) is 23.7. The van der Waals surface area contributed by atoms with Crippen LogP contribution in [0.5, 0.6) is 0 Å². The van der Waals surface area contributed by atoms with Gasteiger partial charge in [0.1, 0.15) is 4.49 Å². The van der Waals surface area contributed by atoms with Gasteiger partial charge in [-0.3, -0.25) is 0 Å². The van der Waals surface area contributed by atoms with Crippen molar-refractivity contribution in [3.63, 3.8) is 0 Å². The zero-order valence-electron chi connectivity index (χ0n) is 22.2. The molecule has 4 aliphatic rings. The van der Waals surface area contributed by atoms with E-state index < -0.39 is 0 Å². The quantitative estimate of drug-likeness (QED) is 0.374. The third-order valence-electron chi connectivity index (χ3n) is 10.5. The summed E-state index contributed by atoms with van der Waals surface area (Å²) in [5.41, 5.74) is 11.2. The molecule has 0 bridgehead atoms. The van der Waals surface area contributed by atoms with Gasteiger partial charge in [0.25, 0.3) is 0 Å². The van der Waals surface area contributed by atoms with Crippen molar-refractivity contribution in [1.82, 2.24) is 0 Å². The van der Waals surface area contributed by atoms with E-state index in [1.54, 1.807) is 0 Å². The Hall–Kier alpha value is -0.750. The summed E-state index contributed by atoms with van der Waals surface area (Å²) >= 11 is 11.7. The Labute approximate surface area is 226 Å². The summed E-state index contributed by atoms with van der Waals surface area (Å²) in [7, 11) is 0. The molecule has 35 heavy (non-hydrogen) atoms. The number of nitrogens with two attached hydrogens (primary N) is 1. The van der Waals surface area contributed by atoms with Crippen molar-refractivity contribution in [2.45, 2.75) is 118 Å². The highest BCUT2D eigenvalue weighted by molar-refractivity contribution is 6.55. The molecule has 4 aliphatic carbocycles. The number of fused-ring (bicyclic) bond motifs is 5. The first kappa shape index (κ1) is 30.5. The van der Waals surface area contributed by atoms with Crippen LogP contribution in [0.25, 0.3) is 0 Å². The molecule has 0 aromatic carbocycles. The maximum atomic E-state index is 9.74. The second kappa shape index (κ2) is 11.8. The minimum atomic E-state index is -0.0575. The molecule has 2 N–H and O–H groups in total. The van der Waals surface area contributed by atoms with Crippen LogP contribution in [0, 0.1) is 45.8 Å². The van der Waals surface area contributed by atoms with Crippen molar-refractivity contribution in [2.75, 3.05) is 0 Å². The van der Waals surface area contributed by atoms with Gasteiger partial charge in [-0.05, 0) is 97.9 Å². The molecule has 0 heterocycles. The highest BCUT2D eigenvalue weighted by Crippen LogP contribution is 2.70. The normalized spacial score (nSPS) is 40.9. The number of allylic oxidation sites excluding steroid dienone is 4. The molecule has 0 aromatic heterocycles. The van der Waals surface area contributed by atoms with E-state index in [-0.39, 0.29) is 23.8 Å². The number of hydrogen-bond donors (Lipinski definition) is 1. The summed E-state index contributed by atoms with van der Waals surface area (Å²) in [6.45, 7) is 15.6. The monoisotopic (exact) mass is 520 g/mol. The molecule has 0 aromatic rings. The Morgan fingerprint density at radius 1 is 1.14 bits per heavy atom. The first-order valence-electron chi connectivity index (χ1n) is 13.7. The lowest BCUT2D eigenvalue weighted by Crippen LogP contribution is -2.70. The van der Waals surface area contributed by atoms with Gasteiger partial charge in [-0.1, -0.05) is 96.3 Å². The number of hydrogen-bond acceptors (Lipinski definition) is 2. The SMILES string of the molecule is C.C=C(C#N)/C(CCC=C(Cl)Cl)=C1\C(C)CC2(C)C1CCC1(N)C2CCC2CCCCC21C.CC. The lowest BCUT2D eigenvalue weighted by molar-refractivity contribution is -0.132. The van der Waals surface area contributed by atoms with Crippen LogP contribution in [0.2, 0.25) is 0 Å². The second-order valence-corrected chi connectivity index (χ2v) is 12.8. The molecule has 0 spiro atoms. The summed E-state index contributed by atoms with van der Waals surface area (Å²) in [5, 5.41) is 9.74. The van der Waals surface area contributed by atoms with Crippen molar-refractivity contribution in [1.29, 1.82) is 5.26 Å². The predicted octanol–water partition coefficient (Wildman–Crippen LogP) is 9.88. The third kappa shape index (κ3) is 5.04. The Bertz CT molecular complexity index is 879. The average molecular weight is 522 g/mol. The minimum Gasteiger partial charge on any atom is -0.324 e. The Kier molecular flexibility index (Phi) is 10.2. The molecule has 0 aliphatic heterocycles. The number of nitrogens with zero attached hydrogens (tertiary/aromatic N) is 1. The van der Waals surface area contributed by atoms with Gasteiger partial charge >= 0.3 is 0 Å². The van der Waals surface area contributed by atoms with Gasteiger partial charge in [0.15, 0.2) is 0 Å². The number of rotatable bonds is 4. The van der Waals surface area contributed by atoms with Crippen LogP contribution in [0.15, 0.2) is 33.9 Å². The Morgan fingerprint density at radius 3 is 2.46 bits per heavy atom.